The Bertz CT molecular complexity index is 1840. The maximum absolute atomic E-state index is 13.8. The van der Waals surface area contributed by atoms with Gasteiger partial charge in [0.2, 0.25) is 0 Å². The zero-order valence-corrected chi connectivity index (χ0v) is 23.1. The summed E-state index contributed by atoms with van der Waals surface area (Å²) < 4.78 is 52.8. The van der Waals surface area contributed by atoms with Gasteiger partial charge in [0.05, 0.1) is 5.69 Å². The van der Waals surface area contributed by atoms with Crippen LogP contribution in [0.15, 0.2) is 65.1 Å². The number of carbonyl (C=O) groups excluding carboxylic acids is 2. The van der Waals surface area contributed by atoms with E-state index in [1.807, 2.05) is 19.1 Å². The van der Waals surface area contributed by atoms with Crippen LogP contribution in [0.4, 0.5) is 18.9 Å². The predicted octanol–water partition coefficient (Wildman–Crippen LogP) is 7.30. The number of hydrogen-bond donors (Lipinski definition) is 2. The molecule has 0 spiro atoms. The van der Waals surface area contributed by atoms with Crippen LogP contribution in [0.3, 0.4) is 0 Å². The van der Waals surface area contributed by atoms with Crippen LogP contribution >= 0.6 is 11.3 Å². The Morgan fingerprint density at radius 3 is 2.55 bits per heavy atom. The van der Waals surface area contributed by atoms with Gasteiger partial charge >= 0.3 is 6.18 Å². The highest BCUT2D eigenvalue weighted by Crippen LogP contribution is 2.44. The van der Waals surface area contributed by atoms with Gasteiger partial charge in [0.15, 0.2) is 5.76 Å². The molecular formula is C31H24F3N3O4S. The Morgan fingerprint density at radius 1 is 1.05 bits per heavy atom. The molecule has 3 heterocycles. The minimum absolute atomic E-state index is 0.0309. The molecule has 3 aromatic heterocycles. The number of amides is 2. The van der Waals surface area contributed by atoms with E-state index >= 15 is 0 Å². The van der Waals surface area contributed by atoms with Gasteiger partial charge in [0, 0.05) is 5.39 Å². The third kappa shape index (κ3) is 5.35. The van der Waals surface area contributed by atoms with E-state index in [4.69, 9.17) is 14.9 Å². The largest absolute Gasteiger partial charge is 0.486 e. The first-order chi connectivity index (χ1) is 20.1. The van der Waals surface area contributed by atoms with Gasteiger partial charge in [-0.05, 0) is 78.8 Å². The number of pyridine rings is 1. The van der Waals surface area contributed by atoms with Gasteiger partial charge in [0.1, 0.15) is 33.5 Å². The first kappa shape index (κ1) is 27.5. The molecule has 0 saturated heterocycles. The lowest BCUT2D eigenvalue weighted by Gasteiger charge is -2.12. The van der Waals surface area contributed by atoms with Crippen LogP contribution in [0.5, 0.6) is 5.75 Å². The number of furan rings is 1. The van der Waals surface area contributed by atoms with Crippen molar-refractivity contribution in [2.24, 2.45) is 5.73 Å². The number of carbonyl (C=O) groups is 2. The van der Waals surface area contributed by atoms with Crippen molar-refractivity contribution in [2.75, 3.05) is 5.32 Å². The Balaban J connectivity index is 1.32. The number of aromatic nitrogens is 1. The molecule has 1 aliphatic rings. The molecule has 0 fully saturated rings. The van der Waals surface area contributed by atoms with E-state index in [0.29, 0.717) is 28.4 Å². The summed E-state index contributed by atoms with van der Waals surface area (Å²) in [6, 6.07) is 16.8. The van der Waals surface area contributed by atoms with E-state index in [9.17, 15) is 22.8 Å². The van der Waals surface area contributed by atoms with Crippen molar-refractivity contribution in [1.29, 1.82) is 0 Å². The molecule has 2 aromatic carbocycles. The van der Waals surface area contributed by atoms with Crippen molar-refractivity contribution in [2.45, 2.75) is 39.0 Å². The maximum atomic E-state index is 13.8. The van der Waals surface area contributed by atoms with Gasteiger partial charge in [-0.1, -0.05) is 35.9 Å². The molecule has 214 valence electrons. The zero-order valence-electron chi connectivity index (χ0n) is 22.3. The summed E-state index contributed by atoms with van der Waals surface area (Å²) >= 11 is 0.680. The fourth-order valence-corrected chi connectivity index (χ4v) is 6.05. The van der Waals surface area contributed by atoms with Gasteiger partial charge < -0.3 is 20.2 Å². The maximum Gasteiger partial charge on any atom is 0.433 e. The number of benzene rings is 2. The lowest BCUT2D eigenvalue weighted by molar-refractivity contribution is -0.140. The Hall–Kier alpha value is -4.64. The average Bonchev–Trinajstić information content (AvgIpc) is 3.70. The molecule has 0 atom stereocenters. The van der Waals surface area contributed by atoms with Crippen molar-refractivity contribution in [1.82, 2.24) is 4.98 Å². The van der Waals surface area contributed by atoms with Gasteiger partial charge in [-0.3, -0.25) is 9.59 Å². The predicted molar refractivity (Wildman–Crippen MR) is 153 cm³/mol. The van der Waals surface area contributed by atoms with E-state index in [1.54, 1.807) is 30.3 Å². The quantitative estimate of drug-likeness (QED) is 0.207. The number of primary amides is 1. The number of thiophene rings is 1. The first-order valence-corrected chi connectivity index (χ1v) is 13.9. The standard InChI is InChI=1S/C31H24F3N3O4S/c1-16-5-7-18(8-6-16)22-14-24(31(32,33)34)36-30-25(22)26(27(42-30)28(35)38)37-29(39)23-12-11-21(41-23)15-40-20-10-9-17-3-2-4-19(17)13-20/h5-14H,2-4,15H2,1H3,(H2,35,38)(H,37,39). The number of nitrogens with two attached hydrogens (primary N) is 1. The summed E-state index contributed by atoms with van der Waals surface area (Å²) in [6.45, 7) is 1.94. The molecule has 1 aliphatic carbocycles. The monoisotopic (exact) mass is 591 g/mol. The number of hydrogen-bond acceptors (Lipinski definition) is 6. The normalized spacial score (nSPS) is 12.9. The van der Waals surface area contributed by atoms with Gasteiger partial charge in [-0.2, -0.15) is 13.2 Å². The number of alkyl halides is 3. The van der Waals surface area contributed by atoms with Gasteiger partial charge in [-0.15, -0.1) is 11.3 Å². The van der Waals surface area contributed by atoms with Crippen molar-refractivity contribution in [3.05, 3.63) is 99.4 Å². The summed E-state index contributed by atoms with van der Waals surface area (Å²) in [5.74, 6) is -0.615. The van der Waals surface area contributed by atoms with E-state index in [2.05, 4.69) is 16.4 Å². The molecule has 6 rings (SSSR count). The number of ether oxygens (including phenoxy) is 1. The summed E-state index contributed by atoms with van der Waals surface area (Å²) in [4.78, 5) is 29.2. The molecule has 11 heteroatoms. The van der Waals surface area contributed by atoms with Crippen LogP contribution in [-0.4, -0.2) is 16.8 Å². The zero-order chi connectivity index (χ0) is 29.6. The topological polar surface area (TPSA) is 107 Å². The second kappa shape index (κ2) is 10.6. The number of nitrogens with one attached hydrogen (secondary N) is 1. The van der Waals surface area contributed by atoms with Gasteiger partial charge in [-0.25, -0.2) is 4.98 Å². The number of nitrogens with zero attached hydrogens (tertiary/aromatic N) is 1. The second-order valence-corrected chi connectivity index (χ2v) is 11.1. The SMILES string of the molecule is Cc1ccc(-c2cc(C(F)(F)F)nc3sc(C(N)=O)c(NC(=O)c4ccc(COc5ccc6c(c5)CCC6)o4)c23)cc1. The molecule has 7 nitrogen and oxygen atoms in total. The highest BCUT2D eigenvalue weighted by molar-refractivity contribution is 7.21. The average molecular weight is 592 g/mol. The Labute approximate surface area is 242 Å². The highest BCUT2D eigenvalue weighted by atomic mass is 32.1. The molecule has 42 heavy (non-hydrogen) atoms. The van der Waals surface area contributed by atoms with E-state index in [1.165, 1.54) is 17.2 Å². The van der Waals surface area contributed by atoms with Crippen molar-refractivity contribution in [3.63, 3.8) is 0 Å². The Kier molecular flexibility index (Phi) is 6.97. The highest BCUT2D eigenvalue weighted by Gasteiger charge is 2.35. The van der Waals surface area contributed by atoms with Crippen LogP contribution in [-0.2, 0) is 25.6 Å². The van der Waals surface area contributed by atoms with E-state index in [0.717, 1.165) is 30.9 Å². The molecule has 0 radical (unpaired) electrons. The molecular weight excluding hydrogens is 567 g/mol. The van der Waals surface area contributed by atoms with Crippen molar-refractivity contribution >= 4 is 39.1 Å². The minimum Gasteiger partial charge on any atom is -0.486 e. The molecule has 0 aliphatic heterocycles. The second-order valence-electron chi connectivity index (χ2n) is 10.1. The number of fused-ring (bicyclic) bond motifs is 2. The third-order valence-electron chi connectivity index (χ3n) is 7.11. The van der Waals surface area contributed by atoms with Crippen molar-refractivity contribution in [3.8, 4) is 16.9 Å². The number of rotatable bonds is 7. The number of halogens is 3. The summed E-state index contributed by atoms with van der Waals surface area (Å²) in [6.07, 6.45) is -1.53. The fourth-order valence-electron chi connectivity index (χ4n) is 5.04. The summed E-state index contributed by atoms with van der Waals surface area (Å²) in [5, 5.41) is 2.81. The molecule has 3 N–H and O–H groups in total. The number of anilines is 1. The van der Waals surface area contributed by atoms with Crippen molar-refractivity contribution < 1.29 is 31.9 Å². The fraction of sp³-hybridized carbons (Fsp3) is 0.194. The number of aryl methyl sites for hydroxylation is 3. The van der Waals surface area contributed by atoms with Gasteiger partial charge in [0.25, 0.3) is 11.8 Å². The molecule has 5 aromatic rings. The molecule has 0 saturated carbocycles. The minimum atomic E-state index is -4.74. The molecule has 0 unspecified atom stereocenters. The first-order valence-electron chi connectivity index (χ1n) is 13.1. The van der Waals surface area contributed by atoms with Crippen LogP contribution in [0.25, 0.3) is 21.3 Å². The summed E-state index contributed by atoms with van der Waals surface area (Å²) in [5.41, 5.74) is 8.53. The third-order valence-corrected chi connectivity index (χ3v) is 8.21. The van der Waals surface area contributed by atoms with E-state index < -0.39 is 23.7 Å². The lowest BCUT2D eigenvalue weighted by Crippen LogP contribution is -2.16. The molecule has 0 bridgehead atoms. The van der Waals surface area contributed by atoms with Crippen LogP contribution in [0.2, 0.25) is 0 Å². The molecule has 2 amide bonds. The van der Waals surface area contributed by atoms with E-state index in [-0.39, 0.29) is 38.7 Å². The van der Waals surface area contributed by atoms with Crippen LogP contribution in [0.1, 0.15) is 54.8 Å². The Morgan fingerprint density at radius 2 is 1.81 bits per heavy atom. The van der Waals surface area contributed by atoms with Crippen LogP contribution in [0, 0.1) is 6.92 Å². The smallest absolute Gasteiger partial charge is 0.433 e. The summed E-state index contributed by atoms with van der Waals surface area (Å²) in [7, 11) is 0. The lowest BCUT2D eigenvalue weighted by atomic mass is 10.00. The van der Waals surface area contributed by atoms with Crippen LogP contribution < -0.4 is 15.8 Å².